The highest BCUT2D eigenvalue weighted by Crippen LogP contribution is 2.33. The van der Waals surface area contributed by atoms with Crippen molar-refractivity contribution in [2.24, 2.45) is 5.92 Å². The molecule has 2 heterocycles. The third-order valence-corrected chi connectivity index (χ3v) is 8.07. The monoisotopic (exact) mass is 515 g/mol. The molecule has 2 amide bonds. The molecular formula is C28H35Cl2N3O2. The average molecular weight is 517 g/mol. The lowest BCUT2D eigenvalue weighted by molar-refractivity contribution is -0.138. The molecule has 0 bridgehead atoms. The highest BCUT2D eigenvalue weighted by molar-refractivity contribution is 6.30. The number of carbonyl (C=O) groups is 2. The van der Waals surface area contributed by atoms with E-state index < -0.39 is 0 Å². The lowest BCUT2D eigenvalue weighted by Crippen LogP contribution is -2.56. The van der Waals surface area contributed by atoms with E-state index in [0.29, 0.717) is 12.3 Å². The maximum Gasteiger partial charge on any atom is 0.223 e. The molecule has 0 saturated carbocycles. The SMILES string of the molecule is CC[C@H]1CN(C(c2ccc(Cl)cc2)c2ccc(Cl)cc2)CCN1C(=O)CC1CCN(C(C)=O)CC1. The van der Waals surface area contributed by atoms with Crippen LogP contribution in [0.25, 0.3) is 0 Å². The second-order valence-corrected chi connectivity index (χ2v) is 10.7. The molecule has 4 rings (SSSR count). The summed E-state index contributed by atoms with van der Waals surface area (Å²) >= 11 is 12.4. The van der Waals surface area contributed by atoms with Gasteiger partial charge in [-0.1, -0.05) is 54.4 Å². The van der Waals surface area contributed by atoms with Gasteiger partial charge in [0.2, 0.25) is 11.8 Å². The van der Waals surface area contributed by atoms with Gasteiger partial charge in [-0.25, -0.2) is 0 Å². The molecular weight excluding hydrogens is 481 g/mol. The predicted octanol–water partition coefficient (Wildman–Crippen LogP) is 5.65. The number of amides is 2. The van der Waals surface area contributed by atoms with Crippen molar-refractivity contribution >= 4 is 35.0 Å². The normalized spacial score (nSPS) is 19.9. The third-order valence-electron chi connectivity index (χ3n) is 7.57. The van der Waals surface area contributed by atoms with Crippen molar-refractivity contribution < 1.29 is 9.59 Å². The molecule has 188 valence electrons. The van der Waals surface area contributed by atoms with Gasteiger partial charge in [-0.2, -0.15) is 0 Å². The number of likely N-dealkylation sites (tertiary alicyclic amines) is 1. The van der Waals surface area contributed by atoms with Gasteiger partial charge in [-0.05, 0) is 60.6 Å². The Bertz CT molecular complexity index is 958. The van der Waals surface area contributed by atoms with Gasteiger partial charge in [0.05, 0.1) is 6.04 Å². The molecule has 35 heavy (non-hydrogen) atoms. The summed E-state index contributed by atoms with van der Waals surface area (Å²) in [5.41, 5.74) is 2.37. The van der Waals surface area contributed by atoms with Crippen LogP contribution in [0, 0.1) is 5.92 Å². The quantitative estimate of drug-likeness (QED) is 0.498. The zero-order valence-electron chi connectivity index (χ0n) is 20.6. The summed E-state index contributed by atoms with van der Waals surface area (Å²) < 4.78 is 0. The topological polar surface area (TPSA) is 43.9 Å². The first-order valence-corrected chi connectivity index (χ1v) is 13.4. The van der Waals surface area contributed by atoms with Crippen molar-refractivity contribution in [3.05, 3.63) is 69.7 Å². The highest BCUT2D eigenvalue weighted by atomic mass is 35.5. The first-order chi connectivity index (χ1) is 16.9. The zero-order chi connectivity index (χ0) is 24.9. The minimum Gasteiger partial charge on any atom is -0.343 e. The van der Waals surface area contributed by atoms with Crippen LogP contribution in [0.1, 0.15) is 56.7 Å². The maximum atomic E-state index is 13.3. The van der Waals surface area contributed by atoms with Gasteiger partial charge in [0.1, 0.15) is 0 Å². The smallest absolute Gasteiger partial charge is 0.223 e. The summed E-state index contributed by atoms with van der Waals surface area (Å²) in [4.78, 5) is 31.4. The maximum absolute atomic E-state index is 13.3. The summed E-state index contributed by atoms with van der Waals surface area (Å²) in [6.45, 7) is 7.67. The number of rotatable bonds is 6. The van der Waals surface area contributed by atoms with Crippen LogP contribution >= 0.6 is 23.2 Å². The standard InChI is InChI=1S/C28H35Cl2N3O2/c1-3-26-19-32(16-17-33(26)27(35)18-21-12-14-31(15-13-21)20(2)34)28(22-4-8-24(29)9-5-22)23-6-10-25(30)11-7-23/h4-11,21,26,28H,3,12-19H2,1-2H3/t26-/m0/s1. The molecule has 2 aromatic carbocycles. The number of halogens is 2. The number of benzene rings is 2. The van der Waals surface area contributed by atoms with Crippen LogP contribution in [0.3, 0.4) is 0 Å². The Kier molecular flexibility index (Phi) is 8.74. The highest BCUT2D eigenvalue weighted by Gasteiger charge is 2.35. The Hall–Kier alpha value is -2.08. The summed E-state index contributed by atoms with van der Waals surface area (Å²) in [5.74, 6) is 0.754. The molecule has 5 nitrogen and oxygen atoms in total. The van der Waals surface area contributed by atoms with E-state index in [4.69, 9.17) is 23.2 Å². The number of hydrogen-bond donors (Lipinski definition) is 0. The van der Waals surface area contributed by atoms with E-state index in [-0.39, 0.29) is 23.9 Å². The Morgan fingerprint density at radius 3 is 1.91 bits per heavy atom. The molecule has 0 unspecified atom stereocenters. The van der Waals surface area contributed by atoms with Crippen molar-refractivity contribution in [1.29, 1.82) is 0 Å². The van der Waals surface area contributed by atoms with Crippen LogP contribution in [0.5, 0.6) is 0 Å². The number of carbonyl (C=O) groups excluding carboxylic acids is 2. The van der Waals surface area contributed by atoms with Crippen LogP contribution in [0.4, 0.5) is 0 Å². The third kappa shape index (κ3) is 6.38. The van der Waals surface area contributed by atoms with E-state index in [2.05, 4.69) is 41.0 Å². The molecule has 0 spiro atoms. The van der Waals surface area contributed by atoms with Crippen molar-refractivity contribution in [3.63, 3.8) is 0 Å². The summed E-state index contributed by atoms with van der Waals surface area (Å²) in [6, 6.07) is 16.4. The van der Waals surface area contributed by atoms with Gasteiger partial charge in [0, 0.05) is 62.2 Å². The lowest BCUT2D eigenvalue weighted by atomic mass is 9.92. The lowest BCUT2D eigenvalue weighted by Gasteiger charge is -2.45. The van der Waals surface area contributed by atoms with Gasteiger partial charge in [0.25, 0.3) is 0 Å². The zero-order valence-corrected chi connectivity index (χ0v) is 22.1. The Morgan fingerprint density at radius 2 is 1.43 bits per heavy atom. The molecule has 0 N–H and O–H groups in total. The molecule has 2 saturated heterocycles. The van der Waals surface area contributed by atoms with E-state index in [0.717, 1.165) is 62.0 Å². The fourth-order valence-electron chi connectivity index (χ4n) is 5.51. The average Bonchev–Trinajstić information content (AvgIpc) is 2.86. The van der Waals surface area contributed by atoms with E-state index in [9.17, 15) is 9.59 Å². The fraction of sp³-hybridized carbons (Fsp3) is 0.500. The molecule has 2 aliphatic heterocycles. The fourth-order valence-corrected chi connectivity index (χ4v) is 5.76. The van der Waals surface area contributed by atoms with Crippen LogP contribution in [-0.4, -0.2) is 65.3 Å². The second-order valence-electron chi connectivity index (χ2n) is 9.80. The molecule has 0 aromatic heterocycles. The summed E-state index contributed by atoms with van der Waals surface area (Å²) in [7, 11) is 0. The van der Waals surface area contributed by atoms with Gasteiger partial charge >= 0.3 is 0 Å². The van der Waals surface area contributed by atoms with Crippen molar-refractivity contribution in [1.82, 2.24) is 14.7 Å². The number of piperazine rings is 1. The van der Waals surface area contributed by atoms with E-state index >= 15 is 0 Å². The van der Waals surface area contributed by atoms with Gasteiger partial charge < -0.3 is 9.80 Å². The van der Waals surface area contributed by atoms with Crippen molar-refractivity contribution in [2.45, 2.75) is 51.6 Å². The molecule has 0 aliphatic carbocycles. The van der Waals surface area contributed by atoms with Crippen LogP contribution in [0.15, 0.2) is 48.5 Å². The van der Waals surface area contributed by atoms with Crippen LogP contribution < -0.4 is 0 Å². The number of piperidine rings is 1. The van der Waals surface area contributed by atoms with Crippen molar-refractivity contribution in [3.8, 4) is 0 Å². The van der Waals surface area contributed by atoms with Crippen molar-refractivity contribution in [2.75, 3.05) is 32.7 Å². The molecule has 7 heteroatoms. The Balaban J connectivity index is 1.46. The van der Waals surface area contributed by atoms with E-state index in [1.165, 1.54) is 11.1 Å². The van der Waals surface area contributed by atoms with Gasteiger partial charge in [0.15, 0.2) is 0 Å². The number of nitrogens with zero attached hydrogens (tertiary/aromatic N) is 3. The van der Waals surface area contributed by atoms with E-state index in [1.807, 2.05) is 29.2 Å². The van der Waals surface area contributed by atoms with Crippen LogP contribution in [-0.2, 0) is 9.59 Å². The number of hydrogen-bond acceptors (Lipinski definition) is 3. The van der Waals surface area contributed by atoms with Gasteiger partial charge in [-0.3, -0.25) is 14.5 Å². The largest absolute Gasteiger partial charge is 0.343 e. The minimum atomic E-state index is 0.0757. The molecule has 2 aromatic rings. The molecule has 2 aliphatic rings. The first kappa shape index (κ1) is 26.0. The minimum absolute atomic E-state index is 0.0757. The van der Waals surface area contributed by atoms with Gasteiger partial charge in [-0.15, -0.1) is 0 Å². The Labute approximate surface area is 219 Å². The summed E-state index contributed by atoms with van der Waals surface area (Å²) in [5, 5.41) is 1.44. The second kappa shape index (κ2) is 11.8. The van der Waals surface area contributed by atoms with Crippen LogP contribution in [0.2, 0.25) is 10.0 Å². The first-order valence-electron chi connectivity index (χ1n) is 12.7. The molecule has 2 fully saturated rings. The molecule has 1 atom stereocenters. The summed E-state index contributed by atoms with van der Waals surface area (Å²) in [6.07, 6.45) is 3.33. The Morgan fingerprint density at radius 1 is 0.886 bits per heavy atom. The predicted molar refractivity (Wildman–Crippen MR) is 142 cm³/mol. The molecule has 0 radical (unpaired) electrons. The van der Waals surface area contributed by atoms with E-state index in [1.54, 1.807) is 6.92 Å².